The second kappa shape index (κ2) is 10.9. The fraction of sp³-hybridized carbons (Fsp3) is 0.296. The molecule has 0 atom stereocenters. The normalized spacial score (nSPS) is 13.9. The minimum Gasteiger partial charge on any atom is -0.497 e. The summed E-state index contributed by atoms with van der Waals surface area (Å²) >= 11 is 0. The first-order valence-corrected chi connectivity index (χ1v) is 11.3. The Balaban J connectivity index is 1.32. The molecule has 178 valence electrons. The van der Waals surface area contributed by atoms with E-state index in [2.05, 4.69) is 21.2 Å². The number of carbonyl (C=O) groups excluding carboxylic acids is 1. The number of hydrogen-bond donors (Lipinski definition) is 1. The molecule has 0 unspecified atom stereocenters. The Kier molecular flexibility index (Phi) is 7.54. The molecule has 0 saturated carbocycles. The van der Waals surface area contributed by atoms with Gasteiger partial charge in [0.2, 0.25) is 0 Å². The third-order valence-corrected chi connectivity index (χ3v) is 6.08. The fourth-order valence-electron chi connectivity index (χ4n) is 4.15. The van der Waals surface area contributed by atoms with E-state index in [1.54, 1.807) is 39.5 Å². The molecule has 1 saturated heterocycles. The van der Waals surface area contributed by atoms with Crippen molar-refractivity contribution in [2.75, 3.05) is 57.7 Å². The molecule has 7 nitrogen and oxygen atoms in total. The van der Waals surface area contributed by atoms with Crippen molar-refractivity contribution in [2.24, 2.45) is 0 Å². The molecule has 34 heavy (non-hydrogen) atoms. The van der Waals surface area contributed by atoms with Gasteiger partial charge in [0.05, 0.1) is 32.7 Å². The molecule has 0 spiro atoms. The number of piperazine rings is 1. The zero-order chi connectivity index (χ0) is 23.9. The Morgan fingerprint density at radius 2 is 1.53 bits per heavy atom. The molecule has 1 fully saturated rings. The van der Waals surface area contributed by atoms with Gasteiger partial charge in [-0.05, 0) is 42.0 Å². The summed E-state index contributed by atoms with van der Waals surface area (Å²) in [5.74, 6) is 1.96. The van der Waals surface area contributed by atoms with E-state index < -0.39 is 0 Å². The number of amides is 1. The molecular formula is C27H31N3O4. The molecule has 1 amide bonds. The number of hydrogen-bond acceptors (Lipinski definition) is 6. The SMILES string of the molecule is COc1ccc(NC(=O)c2ccc(CN3CCN(c4ccccc4OC)CC3)cc2)c(OC)c1. The number of rotatable bonds is 8. The molecule has 0 radical (unpaired) electrons. The number of anilines is 2. The maximum Gasteiger partial charge on any atom is 0.255 e. The number of nitrogens with zero attached hydrogens (tertiary/aromatic N) is 2. The minimum atomic E-state index is -0.180. The lowest BCUT2D eigenvalue weighted by Crippen LogP contribution is -2.46. The molecule has 1 heterocycles. The predicted octanol–water partition coefficient (Wildman–Crippen LogP) is 4.29. The number of carbonyl (C=O) groups is 1. The molecule has 0 aromatic heterocycles. The second-order valence-corrected chi connectivity index (χ2v) is 8.15. The first kappa shape index (κ1) is 23.4. The highest BCUT2D eigenvalue weighted by Gasteiger charge is 2.20. The van der Waals surface area contributed by atoms with E-state index in [1.807, 2.05) is 42.5 Å². The molecule has 0 bridgehead atoms. The highest BCUT2D eigenvalue weighted by molar-refractivity contribution is 6.05. The largest absolute Gasteiger partial charge is 0.497 e. The van der Waals surface area contributed by atoms with Gasteiger partial charge in [0.15, 0.2) is 0 Å². The van der Waals surface area contributed by atoms with Crippen molar-refractivity contribution in [3.05, 3.63) is 77.9 Å². The summed E-state index contributed by atoms with van der Waals surface area (Å²) in [5, 5.41) is 2.91. The maximum atomic E-state index is 12.7. The van der Waals surface area contributed by atoms with Gasteiger partial charge in [0.25, 0.3) is 5.91 Å². The van der Waals surface area contributed by atoms with Crippen LogP contribution in [0.4, 0.5) is 11.4 Å². The molecule has 3 aromatic rings. The Morgan fingerprint density at radius 3 is 2.21 bits per heavy atom. The number of methoxy groups -OCH3 is 3. The van der Waals surface area contributed by atoms with E-state index in [1.165, 1.54) is 5.56 Å². The smallest absolute Gasteiger partial charge is 0.255 e. The summed E-state index contributed by atoms with van der Waals surface area (Å²) in [5.41, 5.74) is 3.53. The third kappa shape index (κ3) is 5.43. The third-order valence-electron chi connectivity index (χ3n) is 6.08. The van der Waals surface area contributed by atoms with Crippen LogP contribution in [0.15, 0.2) is 66.7 Å². The average Bonchev–Trinajstić information content (AvgIpc) is 2.89. The van der Waals surface area contributed by atoms with Crippen molar-refractivity contribution >= 4 is 17.3 Å². The first-order valence-electron chi connectivity index (χ1n) is 11.3. The van der Waals surface area contributed by atoms with Crippen LogP contribution in [0.2, 0.25) is 0 Å². The van der Waals surface area contributed by atoms with Gasteiger partial charge in [-0.2, -0.15) is 0 Å². The molecule has 1 aliphatic rings. The van der Waals surface area contributed by atoms with Crippen molar-refractivity contribution in [3.63, 3.8) is 0 Å². The highest BCUT2D eigenvalue weighted by atomic mass is 16.5. The summed E-state index contributed by atoms with van der Waals surface area (Å²) in [6.07, 6.45) is 0. The van der Waals surface area contributed by atoms with E-state index in [0.29, 0.717) is 22.7 Å². The minimum absolute atomic E-state index is 0.180. The lowest BCUT2D eigenvalue weighted by Gasteiger charge is -2.36. The molecule has 1 aliphatic heterocycles. The van der Waals surface area contributed by atoms with Crippen molar-refractivity contribution in [1.82, 2.24) is 4.90 Å². The summed E-state index contributed by atoms with van der Waals surface area (Å²) < 4.78 is 16.1. The van der Waals surface area contributed by atoms with Gasteiger partial charge in [0.1, 0.15) is 17.2 Å². The molecule has 1 N–H and O–H groups in total. The molecule has 0 aliphatic carbocycles. The van der Waals surface area contributed by atoms with Crippen LogP contribution >= 0.6 is 0 Å². The van der Waals surface area contributed by atoms with Crippen LogP contribution in [-0.2, 0) is 6.54 Å². The quantitative estimate of drug-likeness (QED) is 0.540. The summed E-state index contributed by atoms with van der Waals surface area (Å²) in [6, 6.07) is 21.2. The van der Waals surface area contributed by atoms with E-state index in [-0.39, 0.29) is 5.91 Å². The van der Waals surface area contributed by atoms with Crippen LogP contribution in [0.3, 0.4) is 0 Å². The van der Waals surface area contributed by atoms with E-state index in [9.17, 15) is 4.79 Å². The van der Waals surface area contributed by atoms with Crippen molar-refractivity contribution in [3.8, 4) is 17.2 Å². The number of para-hydroxylation sites is 2. The van der Waals surface area contributed by atoms with E-state index in [4.69, 9.17) is 14.2 Å². The van der Waals surface area contributed by atoms with Crippen LogP contribution < -0.4 is 24.4 Å². The van der Waals surface area contributed by atoms with Gasteiger partial charge >= 0.3 is 0 Å². The number of nitrogens with one attached hydrogen (secondary N) is 1. The van der Waals surface area contributed by atoms with Crippen LogP contribution in [-0.4, -0.2) is 58.3 Å². The Morgan fingerprint density at radius 1 is 0.824 bits per heavy atom. The predicted molar refractivity (Wildman–Crippen MR) is 134 cm³/mol. The highest BCUT2D eigenvalue weighted by Crippen LogP contribution is 2.30. The molecular weight excluding hydrogens is 430 g/mol. The van der Waals surface area contributed by atoms with Gasteiger partial charge in [-0.25, -0.2) is 0 Å². The van der Waals surface area contributed by atoms with Crippen LogP contribution in [0.25, 0.3) is 0 Å². The average molecular weight is 462 g/mol. The molecule has 7 heteroatoms. The lowest BCUT2D eigenvalue weighted by molar-refractivity contribution is 0.102. The zero-order valence-electron chi connectivity index (χ0n) is 19.9. The topological polar surface area (TPSA) is 63.3 Å². The summed E-state index contributed by atoms with van der Waals surface area (Å²) in [6.45, 7) is 4.69. The number of benzene rings is 3. The summed E-state index contributed by atoms with van der Waals surface area (Å²) in [7, 11) is 4.87. The monoisotopic (exact) mass is 461 g/mol. The van der Waals surface area contributed by atoms with Crippen molar-refractivity contribution in [1.29, 1.82) is 0 Å². The first-order chi connectivity index (χ1) is 16.6. The van der Waals surface area contributed by atoms with Crippen molar-refractivity contribution < 1.29 is 19.0 Å². The van der Waals surface area contributed by atoms with Crippen LogP contribution in [0.1, 0.15) is 15.9 Å². The van der Waals surface area contributed by atoms with Gasteiger partial charge in [-0.1, -0.05) is 24.3 Å². The standard InChI is InChI=1S/C27H31N3O4/c1-32-22-12-13-23(26(18-22)34-3)28-27(31)21-10-8-20(9-11-21)19-29-14-16-30(17-15-29)24-6-4-5-7-25(24)33-2/h4-13,18H,14-17,19H2,1-3H3,(H,28,31). The maximum absolute atomic E-state index is 12.7. The fourth-order valence-corrected chi connectivity index (χ4v) is 4.15. The number of ether oxygens (including phenoxy) is 3. The van der Waals surface area contributed by atoms with Crippen LogP contribution in [0.5, 0.6) is 17.2 Å². The second-order valence-electron chi connectivity index (χ2n) is 8.15. The van der Waals surface area contributed by atoms with Gasteiger partial charge < -0.3 is 24.4 Å². The molecule has 3 aromatic carbocycles. The van der Waals surface area contributed by atoms with Crippen molar-refractivity contribution in [2.45, 2.75) is 6.54 Å². The molecule has 4 rings (SSSR count). The van der Waals surface area contributed by atoms with Crippen LogP contribution in [0, 0.1) is 0 Å². The lowest BCUT2D eigenvalue weighted by atomic mass is 10.1. The Bertz CT molecular complexity index is 1110. The van der Waals surface area contributed by atoms with Gasteiger partial charge in [-0.3, -0.25) is 9.69 Å². The Hall–Kier alpha value is -3.71. The van der Waals surface area contributed by atoms with E-state index in [0.717, 1.165) is 44.2 Å². The van der Waals surface area contributed by atoms with Gasteiger partial charge in [0, 0.05) is 44.4 Å². The van der Waals surface area contributed by atoms with E-state index >= 15 is 0 Å². The Labute approximate surface area is 200 Å². The zero-order valence-corrected chi connectivity index (χ0v) is 19.9. The summed E-state index contributed by atoms with van der Waals surface area (Å²) in [4.78, 5) is 17.5. The van der Waals surface area contributed by atoms with Gasteiger partial charge in [-0.15, -0.1) is 0 Å².